The summed E-state index contributed by atoms with van der Waals surface area (Å²) < 4.78 is 10.3. The number of carbonyl (C=O) groups is 2. The van der Waals surface area contributed by atoms with Crippen LogP contribution in [0.25, 0.3) is 0 Å². The Hall–Kier alpha value is -2.56. The molecule has 0 aliphatic heterocycles. The lowest BCUT2D eigenvalue weighted by Crippen LogP contribution is -2.27. The van der Waals surface area contributed by atoms with Crippen LogP contribution in [-0.4, -0.2) is 18.5 Å². The highest BCUT2D eigenvalue weighted by atomic mass is 16.6. The first-order valence-corrected chi connectivity index (χ1v) is 6.25. The second-order valence-electron chi connectivity index (χ2n) is 4.06. The number of hydrogen-bond donors (Lipinski definition) is 0. The van der Waals surface area contributed by atoms with Gasteiger partial charge in [0.25, 0.3) is 0 Å². The van der Waals surface area contributed by atoms with Crippen LogP contribution < -0.4 is 4.90 Å². The van der Waals surface area contributed by atoms with E-state index in [4.69, 9.17) is 9.15 Å². The van der Waals surface area contributed by atoms with E-state index in [1.165, 1.54) is 18.1 Å². The van der Waals surface area contributed by atoms with E-state index in [0.717, 1.165) is 0 Å². The zero-order chi connectivity index (χ0) is 14.5. The molecule has 0 spiro atoms. The van der Waals surface area contributed by atoms with E-state index in [-0.39, 0.29) is 12.4 Å². The number of nitrogens with zero attached hydrogens (tertiary/aromatic N) is 1. The summed E-state index contributed by atoms with van der Waals surface area (Å²) in [7, 11) is 0. The van der Waals surface area contributed by atoms with E-state index < -0.39 is 6.09 Å². The molecule has 0 unspecified atom stereocenters. The summed E-state index contributed by atoms with van der Waals surface area (Å²) in [6.07, 6.45) is 0.869. The number of Topliss-reactive ketones (excluding diaryl/α,β-unsaturated/α-hetero) is 1. The Labute approximate surface area is 116 Å². The Bertz CT molecular complexity index is 604. The van der Waals surface area contributed by atoms with Crippen LogP contribution in [0.3, 0.4) is 0 Å². The van der Waals surface area contributed by atoms with Crippen molar-refractivity contribution in [3.63, 3.8) is 0 Å². The number of benzene rings is 1. The van der Waals surface area contributed by atoms with Crippen LogP contribution in [0.4, 0.5) is 16.4 Å². The molecular weight excluding hydrogens is 258 g/mol. The summed E-state index contributed by atoms with van der Waals surface area (Å²) in [5.41, 5.74) is 0.866. The fourth-order valence-electron chi connectivity index (χ4n) is 1.86. The maximum Gasteiger partial charge on any atom is 0.421 e. The van der Waals surface area contributed by atoms with Crippen molar-refractivity contribution in [3.05, 3.63) is 48.2 Å². The number of para-hydroxylation sites is 1. The van der Waals surface area contributed by atoms with Crippen LogP contribution in [0.5, 0.6) is 0 Å². The number of anilines is 2. The molecule has 1 aromatic carbocycles. The molecule has 0 aliphatic rings. The van der Waals surface area contributed by atoms with Crippen LogP contribution in [-0.2, 0) is 4.74 Å². The molecule has 2 rings (SSSR count). The van der Waals surface area contributed by atoms with Crippen LogP contribution >= 0.6 is 0 Å². The van der Waals surface area contributed by atoms with Gasteiger partial charge in [-0.2, -0.15) is 0 Å². The van der Waals surface area contributed by atoms with Gasteiger partial charge in [0.1, 0.15) is 0 Å². The lowest BCUT2D eigenvalue weighted by Gasteiger charge is -2.21. The highest BCUT2D eigenvalue weighted by Crippen LogP contribution is 2.30. The first-order chi connectivity index (χ1) is 9.65. The Morgan fingerprint density at radius 1 is 1.20 bits per heavy atom. The van der Waals surface area contributed by atoms with Crippen LogP contribution in [0.2, 0.25) is 0 Å². The van der Waals surface area contributed by atoms with Gasteiger partial charge in [0.15, 0.2) is 5.78 Å². The average molecular weight is 273 g/mol. The third-order valence-corrected chi connectivity index (χ3v) is 2.70. The number of furan rings is 1. The summed E-state index contributed by atoms with van der Waals surface area (Å²) in [5.74, 6) is 0.165. The highest BCUT2D eigenvalue weighted by molar-refractivity contribution is 6.05. The van der Waals surface area contributed by atoms with E-state index in [9.17, 15) is 9.59 Å². The first kappa shape index (κ1) is 13.9. The number of carbonyl (C=O) groups excluding carboxylic acids is 2. The normalized spacial score (nSPS) is 10.1. The van der Waals surface area contributed by atoms with Crippen molar-refractivity contribution in [1.82, 2.24) is 0 Å². The topological polar surface area (TPSA) is 59.8 Å². The Morgan fingerprint density at radius 2 is 1.95 bits per heavy atom. The van der Waals surface area contributed by atoms with Crippen molar-refractivity contribution in [2.75, 3.05) is 11.5 Å². The minimum Gasteiger partial charge on any atom is -0.449 e. The molecule has 0 atom stereocenters. The standard InChI is InChI=1S/C15H15NO4/c1-3-19-15(18)16(14-9-6-10-20-14)13-8-5-4-7-12(13)11(2)17/h4-10H,3H2,1-2H3. The molecular formula is C15H15NO4. The number of rotatable bonds is 4. The molecule has 0 radical (unpaired) electrons. The van der Waals surface area contributed by atoms with Crippen molar-refractivity contribution >= 4 is 23.4 Å². The molecule has 1 amide bonds. The lowest BCUT2D eigenvalue weighted by molar-refractivity contribution is 0.101. The van der Waals surface area contributed by atoms with Gasteiger partial charge in [0, 0.05) is 11.6 Å². The third-order valence-electron chi connectivity index (χ3n) is 2.70. The largest absolute Gasteiger partial charge is 0.449 e. The van der Waals surface area contributed by atoms with Crippen LogP contribution in [0.15, 0.2) is 47.1 Å². The Morgan fingerprint density at radius 3 is 2.55 bits per heavy atom. The molecule has 0 fully saturated rings. The Kier molecular flexibility index (Phi) is 4.20. The summed E-state index contributed by atoms with van der Waals surface area (Å²) >= 11 is 0. The minimum atomic E-state index is -0.587. The number of ether oxygens (including phenoxy) is 1. The molecule has 1 aromatic heterocycles. The molecule has 0 saturated heterocycles. The van der Waals surface area contributed by atoms with E-state index in [0.29, 0.717) is 17.1 Å². The van der Waals surface area contributed by atoms with E-state index >= 15 is 0 Å². The predicted molar refractivity (Wildman–Crippen MR) is 74.3 cm³/mol. The molecule has 2 aromatic rings. The van der Waals surface area contributed by atoms with Crippen molar-refractivity contribution < 1.29 is 18.7 Å². The molecule has 0 saturated carbocycles. The van der Waals surface area contributed by atoms with Crippen molar-refractivity contribution in [2.24, 2.45) is 0 Å². The van der Waals surface area contributed by atoms with Gasteiger partial charge in [-0.1, -0.05) is 12.1 Å². The van der Waals surface area contributed by atoms with Crippen LogP contribution in [0.1, 0.15) is 24.2 Å². The predicted octanol–water partition coefficient (Wildman–Crippen LogP) is 3.78. The van der Waals surface area contributed by atoms with Crippen LogP contribution in [0, 0.1) is 0 Å². The van der Waals surface area contributed by atoms with Gasteiger partial charge in [-0.15, -0.1) is 0 Å². The number of ketones is 1. The molecule has 0 N–H and O–H groups in total. The maximum absolute atomic E-state index is 12.1. The van der Waals surface area contributed by atoms with E-state index in [1.807, 2.05) is 0 Å². The first-order valence-electron chi connectivity index (χ1n) is 6.25. The van der Waals surface area contributed by atoms with E-state index in [2.05, 4.69) is 0 Å². The lowest BCUT2D eigenvalue weighted by atomic mass is 10.1. The van der Waals surface area contributed by atoms with Crippen molar-refractivity contribution in [3.8, 4) is 0 Å². The minimum absolute atomic E-state index is 0.138. The molecule has 20 heavy (non-hydrogen) atoms. The highest BCUT2D eigenvalue weighted by Gasteiger charge is 2.25. The second kappa shape index (κ2) is 6.06. The zero-order valence-electron chi connectivity index (χ0n) is 11.3. The molecule has 5 heteroatoms. The van der Waals surface area contributed by atoms with Gasteiger partial charge < -0.3 is 9.15 Å². The van der Waals surface area contributed by atoms with Gasteiger partial charge in [0.05, 0.1) is 18.6 Å². The van der Waals surface area contributed by atoms with Gasteiger partial charge in [0.2, 0.25) is 5.88 Å². The fourth-order valence-corrected chi connectivity index (χ4v) is 1.86. The summed E-state index contributed by atoms with van der Waals surface area (Å²) in [6, 6.07) is 10.1. The smallest absolute Gasteiger partial charge is 0.421 e. The van der Waals surface area contributed by atoms with Crippen molar-refractivity contribution in [1.29, 1.82) is 0 Å². The average Bonchev–Trinajstić information content (AvgIpc) is 2.93. The van der Waals surface area contributed by atoms with Gasteiger partial charge in [-0.25, -0.2) is 9.69 Å². The second-order valence-corrected chi connectivity index (χ2v) is 4.06. The molecule has 0 aliphatic carbocycles. The van der Waals surface area contributed by atoms with Gasteiger partial charge >= 0.3 is 6.09 Å². The number of hydrogen-bond acceptors (Lipinski definition) is 4. The van der Waals surface area contributed by atoms with E-state index in [1.54, 1.807) is 43.3 Å². The molecule has 1 heterocycles. The van der Waals surface area contributed by atoms with Gasteiger partial charge in [-0.05, 0) is 32.0 Å². The van der Waals surface area contributed by atoms with Crippen molar-refractivity contribution in [2.45, 2.75) is 13.8 Å². The molecule has 0 bridgehead atoms. The third kappa shape index (κ3) is 2.71. The van der Waals surface area contributed by atoms with Gasteiger partial charge in [-0.3, -0.25) is 4.79 Å². The quantitative estimate of drug-likeness (QED) is 0.795. The zero-order valence-corrected chi connectivity index (χ0v) is 11.3. The molecule has 5 nitrogen and oxygen atoms in total. The maximum atomic E-state index is 12.1. The fraction of sp³-hybridized carbons (Fsp3) is 0.200. The summed E-state index contributed by atoms with van der Waals surface area (Å²) in [5, 5.41) is 0. The SMILES string of the molecule is CCOC(=O)N(c1ccco1)c1ccccc1C(C)=O. The Balaban J connectivity index is 2.52. The number of amides is 1. The monoisotopic (exact) mass is 273 g/mol. The summed E-state index contributed by atoms with van der Waals surface area (Å²) in [6.45, 7) is 3.40. The molecule has 104 valence electrons. The summed E-state index contributed by atoms with van der Waals surface area (Å²) in [4.78, 5) is 25.1.